The Morgan fingerprint density at radius 2 is 1.81 bits per heavy atom. The maximum atomic E-state index is 11.8. The highest BCUT2D eigenvalue weighted by atomic mass is 35.5. The molecule has 116 valence electrons. The topological polar surface area (TPSA) is 18.5 Å². The SMILES string of the molecule is FC(F)(F)COCCCOc1ccc(C#CCCCl)cc1. The highest BCUT2D eigenvalue weighted by Crippen LogP contribution is 2.15. The summed E-state index contributed by atoms with van der Waals surface area (Å²) in [5.74, 6) is 7.02. The molecule has 6 heteroatoms. The minimum Gasteiger partial charge on any atom is -0.494 e. The molecule has 0 N–H and O–H groups in total. The number of halogens is 4. The van der Waals surface area contributed by atoms with Gasteiger partial charge in [0.15, 0.2) is 0 Å². The van der Waals surface area contributed by atoms with Crippen LogP contribution in [0, 0.1) is 11.8 Å². The quantitative estimate of drug-likeness (QED) is 0.429. The van der Waals surface area contributed by atoms with Crippen LogP contribution in [0.15, 0.2) is 24.3 Å². The van der Waals surface area contributed by atoms with Gasteiger partial charge in [0.25, 0.3) is 0 Å². The first-order valence-corrected chi connectivity index (χ1v) is 6.97. The molecule has 1 aromatic carbocycles. The van der Waals surface area contributed by atoms with Gasteiger partial charge in [-0.05, 0) is 24.3 Å². The molecule has 0 bridgehead atoms. The molecule has 0 aliphatic carbocycles. The fourth-order valence-corrected chi connectivity index (χ4v) is 1.48. The van der Waals surface area contributed by atoms with Crippen LogP contribution in [-0.4, -0.2) is 31.9 Å². The van der Waals surface area contributed by atoms with E-state index in [2.05, 4.69) is 16.6 Å². The van der Waals surface area contributed by atoms with Crippen molar-refractivity contribution in [1.82, 2.24) is 0 Å². The molecule has 0 unspecified atom stereocenters. The van der Waals surface area contributed by atoms with Gasteiger partial charge in [0, 0.05) is 24.3 Å². The van der Waals surface area contributed by atoms with Crippen LogP contribution in [0.1, 0.15) is 18.4 Å². The normalized spacial score (nSPS) is 10.9. The Hall–Kier alpha value is -1.38. The molecular weight excluding hydrogens is 305 g/mol. The summed E-state index contributed by atoms with van der Waals surface area (Å²) in [4.78, 5) is 0. The fraction of sp³-hybridized carbons (Fsp3) is 0.467. The van der Waals surface area contributed by atoms with E-state index in [-0.39, 0.29) is 6.61 Å². The number of ether oxygens (including phenoxy) is 2. The van der Waals surface area contributed by atoms with Gasteiger partial charge in [0.2, 0.25) is 0 Å². The van der Waals surface area contributed by atoms with Crippen LogP contribution in [0.5, 0.6) is 5.75 Å². The molecule has 0 fully saturated rings. The zero-order valence-corrected chi connectivity index (χ0v) is 12.1. The summed E-state index contributed by atoms with van der Waals surface area (Å²) in [6, 6.07) is 7.16. The van der Waals surface area contributed by atoms with Crippen molar-refractivity contribution in [2.45, 2.75) is 19.0 Å². The molecule has 0 heterocycles. The van der Waals surface area contributed by atoms with E-state index in [1.807, 2.05) is 12.1 Å². The third-order valence-electron chi connectivity index (χ3n) is 2.27. The standard InChI is InChI=1S/C15H16ClF3O2/c16-9-2-1-4-13-5-7-14(8-6-13)21-11-3-10-20-12-15(17,18)19/h5-8H,2-3,9-12H2. The molecule has 0 atom stereocenters. The summed E-state index contributed by atoms with van der Waals surface area (Å²) in [6.45, 7) is -0.903. The molecule has 2 nitrogen and oxygen atoms in total. The average molecular weight is 321 g/mol. The van der Waals surface area contributed by atoms with Crippen LogP contribution in [-0.2, 0) is 4.74 Å². The van der Waals surface area contributed by atoms with E-state index in [0.717, 1.165) is 5.56 Å². The van der Waals surface area contributed by atoms with Crippen molar-refractivity contribution in [3.05, 3.63) is 29.8 Å². The largest absolute Gasteiger partial charge is 0.494 e. The third-order valence-corrected chi connectivity index (χ3v) is 2.46. The first-order valence-electron chi connectivity index (χ1n) is 6.43. The van der Waals surface area contributed by atoms with Crippen molar-refractivity contribution in [3.8, 4) is 17.6 Å². The molecule has 0 amide bonds. The van der Waals surface area contributed by atoms with E-state index in [9.17, 15) is 13.2 Å². The smallest absolute Gasteiger partial charge is 0.411 e. The first-order chi connectivity index (χ1) is 10.0. The molecule has 1 aromatic rings. The minimum atomic E-state index is -4.28. The Morgan fingerprint density at radius 1 is 1.10 bits per heavy atom. The number of hydrogen-bond donors (Lipinski definition) is 0. The summed E-state index contributed by atoms with van der Waals surface area (Å²) in [7, 11) is 0. The lowest BCUT2D eigenvalue weighted by Gasteiger charge is -2.08. The summed E-state index contributed by atoms with van der Waals surface area (Å²) in [5.41, 5.74) is 0.862. The molecule has 0 aromatic heterocycles. The molecule has 0 saturated heterocycles. The predicted octanol–water partition coefficient (Wildman–Crippen LogP) is 4.01. The lowest BCUT2D eigenvalue weighted by molar-refractivity contribution is -0.174. The zero-order valence-electron chi connectivity index (χ0n) is 11.4. The van der Waals surface area contributed by atoms with Crippen LogP contribution in [0.25, 0.3) is 0 Å². The van der Waals surface area contributed by atoms with Gasteiger partial charge in [-0.25, -0.2) is 0 Å². The molecule has 0 aliphatic heterocycles. The maximum absolute atomic E-state index is 11.8. The Morgan fingerprint density at radius 3 is 2.43 bits per heavy atom. The summed E-state index contributed by atoms with van der Waals surface area (Å²) >= 11 is 5.52. The average Bonchev–Trinajstić information content (AvgIpc) is 2.43. The lowest BCUT2D eigenvalue weighted by Crippen LogP contribution is -2.18. The Labute approximate surface area is 127 Å². The monoisotopic (exact) mass is 320 g/mol. The first kappa shape index (κ1) is 17.7. The van der Waals surface area contributed by atoms with Gasteiger partial charge in [-0.1, -0.05) is 11.8 Å². The van der Waals surface area contributed by atoms with Crippen molar-refractivity contribution >= 4 is 11.6 Å². The van der Waals surface area contributed by atoms with Gasteiger partial charge in [0.05, 0.1) is 13.2 Å². The van der Waals surface area contributed by atoms with Crippen molar-refractivity contribution < 1.29 is 22.6 Å². The highest BCUT2D eigenvalue weighted by molar-refractivity contribution is 6.18. The second-order valence-corrected chi connectivity index (χ2v) is 4.51. The van der Waals surface area contributed by atoms with Crippen LogP contribution in [0.3, 0.4) is 0 Å². The number of alkyl halides is 4. The molecule has 1 rings (SSSR count). The molecule has 0 aliphatic rings. The third kappa shape index (κ3) is 9.22. The Kier molecular flexibility index (Phi) is 8.03. The van der Waals surface area contributed by atoms with Crippen molar-refractivity contribution in [3.63, 3.8) is 0 Å². The van der Waals surface area contributed by atoms with E-state index >= 15 is 0 Å². The van der Waals surface area contributed by atoms with E-state index in [1.54, 1.807) is 12.1 Å². The fourth-order valence-electron chi connectivity index (χ4n) is 1.39. The Bertz CT molecular complexity index is 461. The summed E-state index contributed by atoms with van der Waals surface area (Å²) < 4.78 is 45.3. The van der Waals surface area contributed by atoms with Crippen molar-refractivity contribution in [1.29, 1.82) is 0 Å². The van der Waals surface area contributed by atoms with Crippen LogP contribution in [0.2, 0.25) is 0 Å². The van der Waals surface area contributed by atoms with Gasteiger partial charge in [0.1, 0.15) is 12.4 Å². The van der Waals surface area contributed by atoms with Crippen molar-refractivity contribution in [2.75, 3.05) is 25.7 Å². The zero-order chi connectivity index (χ0) is 15.6. The lowest BCUT2D eigenvalue weighted by atomic mass is 10.2. The Balaban J connectivity index is 2.20. The number of benzene rings is 1. The van der Waals surface area contributed by atoms with Gasteiger partial charge in [-0.15, -0.1) is 11.6 Å². The number of hydrogen-bond acceptors (Lipinski definition) is 2. The van der Waals surface area contributed by atoms with Gasteiger partial charge < -0.3 is 9.47 Å². The molecule has 21 heavy (non-hydrogen) atoms. The van der Waals surface area contributed by atoms with Gasteiger partial charge >= 0.3 is 6.18 Å². The van der Waals surface area contributed by atoms with Crippen molar-refractivity contribution in [2.24, 2.45) is 0 Å². The number of rotatable bonds is 7. The van der Waals surface area contributed by atoms with E-state index in [1.165, 1.54) is 0 Å². The molecule has 0 radical (unpaired) electrons. The summed E-state index contributed by atoms with van der Waals surface area (Å²) in [6.07, 6.45) is -3.24. The molecule has 0 saturated carbocycles. The van der Waals surface area contributed by atoms with Crippen LogP contribution < -0.4 is 4.74 Å². The van der Waals surface area contributed by atoms with Crippen LogP contribution >= 0.6 is 11.6 Å². The predicted molar refractivity (Wildman–Crippen MR) is 75.6 cm³/mol. The highest BCUT2D eigenvalue weighted by Gasteiger charge is 2.27. The van der Waals surface area contributed by atoms with E-state index < -0.39 is 12.8 Å². The second kappa shape index (κ2) is 9.54. The van der Waals surface area contributed by atoms with Gasteiger partial charge in [-0.3, -0.25) is 0 Å². The molecular formula is C15H16ClF3O2. The second-order valence-electron chi connectivity index (χ2n) is 4.13. The van der Waals surface area contributed by atoms with E-state index in [4.69, 9.17) is 16.3 Å². The van der Waals surface area contributed by atoms with Gasteiger partial charge in [-0.2, -0.15) is 13.2 Å². The maximum Gasteiger partial charge on any atom is 0.411 e. The van der Waals surface area contributed by atoms with Crippen LogP contribution in [0.4, 0.5) is 13.2 Å². The summed E-state index contributed by atoms with van der Waals surface area (Å²) in [5, 5.41) is 0. The van der Waals surface area contributed by atoms with E-state index in [0.29, 0.717) is 31.1 Å². The molecule has 0 spiro atoms. The minimum absolute atomic E-state index is 0.0154.